The summed E-state index contributed by atoms with van der Waals surface area (Å²) >= 11 is -0.362. The zero-order valence-electron chi connectivity index (χ0n) is 27.4. The molecule has 0 atom stereocenters. The molecule has 3 aromatic carbocycles. The summed E-state index contributed by atoms with van der Waals surface area (Å²) < 4.78 is 7.85. The Kier molecular flexibility index (Phi) is 10.7. The van der Waals surface area contributed by atoms with Gasteiger partial charge < -0.3 is 0 Å². The van der Waals surface area contributed by atoms with E-state index in [1.807, 2.05) is 0 Å². The summed E-state index contributed by atoms with van der Waals surface area (Å²) in [5.41, 5.74) is 17.7. The van der Waals surface area contributed by atoms with E-state index in [0.717, 1.165) is 0 Å². The maximum absolute atomic E-state index is 2.50. The minimum Gasteiger partial charge on any atom is -0.147 e. The fraction of sp³-hybridized carbons (Fsp3) is 0.316. The summed E-state index contributed by atoms with van der Waals surface area (Å²) in [5, 5.41) is 0. The van der Waals surface area contributed by atoms with Crippen molar-refractivity contribution in [1.29, 1.82) is 0 Å². The SMILES string of the molecule is CC1=C(C)C(C)(C)C([C](=[Ru]=[c]2n(-c3c(C)cc(C)cc3C)ccn2-c2c(C)cc(C)cc2C)c2ccccc2)=C1C.Cl.Cl. The van der Waals surface area contributed by atoms with E-state index >= 15 is 0 Å². The van der Waals surface area contributed by atoms with E-state index in [2.05, 4.69) is 152 Å². The van der Waals surface area contributed by atoms with Crippen LogP contribution in [0.4, 0.5) is 0 Å². The predicted octanol–water partition coefficient (Wildman–Crippen LogP) is 10.5. The first-order valence-corrected chi connectivity index (χ1v) is 16.3. The smallest absolute Gasteiger partial charge is 0.147 e. The minimum atomic E-state index is -0.362. The Morgan fingerprint density at radius 2 is 1.02 bits per heavy atom. The number of aryl methyl sites for hydroxylation is 6. The van der Waals surface area contributed by atoms with Gasteiger partial charge >= 0.3 is 255 Å². The van der Waals surface area contributed by atoms with Crippen molar-refractivity contribution < 1.29 is 16.2 Å². The number of benzene rings is 3. The molecule has 0 aliphatic heterocycles. The van der Waals surface area contributed by atoms with Gasteiger partial charge in [0, 0.05) is 0 Å². The summed E-state index contributed by atoms with van der Waals surface area (Å²) in [6.45, 7) is 25.2. The van der Waals surface area contributed by atoms with E-state index in [1.165, 1.54) is 80.7 Å². The van der Waals surface area contributed by atoms with Crippen LogP contribution in [0.5, 0.6) is 0 Å². The quantitative estimate of drug-likeness (QED) is 0.187. The van der Waals surface area contributed by atoms with Crippen molar-refractivity contribution in [2.45, 2.75) is 76.2 Å². The Morgan fingerprint density at radius 1 is 0.605 bits per heavy atom. The molecule has 0 fully saturated rings. The molecule has 1 heterocycles. The molecular formula is C38H46Cl2N2Ru. The van der Waals surface area contributed by atoms with Crippen LogP contribution >= 0.6 is 24.8 Å². The van der Waals surface area contributed by atoms with Crippen molar-refractivity contribution in [2.75, 3.05) is 0 Å². The average molecular weight is 703 g/mol. The molecule has 0 radical (unpaired) electrons. The number of allylic oxidation sites excluding steroid dienone is 4. The molecule has 0 N–H and O–H groups in total. The van der Waals surface area contributed by atoms with Crippen LogP contribution in [0.15, 0.2) is 89.3 Å². The van der Waals surface area contributed by atoms with E-state index in [9.17, 15) is 0 Å². The van der Waals surface area contributed by atoms with Crippen molar-refractivity contribution in [1.82, 2.24) is 9.13 Å². The number of hydrogen-bond acceptors (Lipinski definition) is 0. The van der Waals surface area contributed by atoms with Crippen LogP contribution in [0.1, 0.15) is 73.6 Å². The Bertz CT molecular complexity index is 1750. The van der Waals surface area contributed by atoms with Gasteiger partial charge in [0.05, 0.1) is 0 Å². The molecule has 0 amide bonds. The molecule has 4 aromatic rings. The van der Waals surface area contributed by atoms with E-state index in [-0.39, 0.29) is 46.5 Å². The third-order valence-electron chi connectivity index (χ3n) is 8.97. The van der Waals surface area contributed by atoms with Crippen molar-refractivity contribution in [3.05, 3.63) is 132 Å². The third-order valence-corrected chi connectivity index (χ3v) is 11.6. The number of hydrogen-bond donors (Lipinski definition) is 0. The number of nitrogens with zero attached hydrogens (tertiary/aromatic N) is 2. The standard InChI is InChI=1S/C21H24N2.C17H20.2ClH.Ru/c1-14-9-16(3)20(17(4)10-14)22-7-8-23(13-22)21-18(5)11-15(2)12-19(21)6;1-12-13(2)16(17(4,5)14(12)3)11-15-9-7-6-8-10-15;;;/h7-12H,1-6H3;6-10H,1-5H3;2*1H;. The first-order valence-electron chi connectivity index (χ1n) is 14.6. The molecule has 0 saturated carbocycles. The topological polar surface area (TPSA) is 9.86 Å². The van der Waals surface area contributed by atoms with Gasteiger partial charge in [-0.1, -0.05) is 0 Å². The minimum absolute atomic E-state index is 0. The van der Waals surface area contributed by atoms with E-state index in [1.54, 1.807) is 0 Å². The maximum Gasteiger partial charge on any atom is -0.147 e. The molecule has 1 aliphatic rings. The van der Waals surface area contributed by atoms with Gasteiger partial charge in [0.25, 0.3) is 0 Å². The Morgan fingerprint density at radius 3 is 1.40 bits per heavy atom. The van der Waals surface area contributed by atoms with Crippen LogP contribution < -0.4 is 0 Å². The maximum atomic E-state index is 2.50. The van der Waals surface area contributed by atoms with Gasteiger partial charge in [-0.3, -0.25) is 0 Å². The van der Waals surface area contributed by atoms with Gasteiger partial charge in [0.1, 0.15) is 0 Å². The van der Waals surface area contributed by atoms with Crippen LogP contribution in [0.3, 0.4) is 0 Å². The van der Waals surface area contributed by atoms with Crippen molar-refractivity contribution in [2.24, 2.45) is 5.41 Å². The molecule has 0 spiro atoms. The van der Waals surface area contributed by atoms with Gasteiger partial charge in [-0.15, -0.1) is 24.8 Å². The molecule has 5 heteroatoms. The molecular weight excluding hydrogens is 656 g/mol. The fourth-order valence-electron chi connectivity index (χ4n) is 6.81. The Hall–Kier alpha value is -2.58. The van der Waals surface area contributed by atoms with E-state index < -0.39 is 0 Å². The molecule has 230 valence electrons. The van der Waals surface area contributed by atoms with Crippen LogP contribution in [-0.2, 0) is 16.2 Å². The number of aromatic nitrogens is 2. The first-order chi connectivity index (χ1) is 19.3. The monoisotopic (exact) mass is 702 g/mol. The zero-order chi connectivity index (χ0) is 29.8. The summed E-state index contributed by atoms with van der Waals surface area (Å²) in [6.07, 6.45) is 4.59. The normalized spacial score (nSPS) is 14.1. The number of halogens is 2. The average Bonchev–Trinajstić information content (AvgIpc) is 3.34. The van der Waals surface area contributed by atoms with Crippen molar-refractivity contribution in [3.63, 3.8) is 0 Å². The van der Waals surface area contributed by atoms with Crippen molar-refractivity contribution in [3.8, 4) is 11.4 Å². The Labute approximate surface area is 278 Å². The molecule has 2 nitrogen and oxygen atoms in total. The first kappa shape index (κ1) is 34.9. The van der Waals surface area contributed by atoms with Crippen LogP contribution in [0.25, 0.3) is 11.4 Å². The summed E-state index contributed by atoms with van der Waals surface area (Å²) in [4.78, 5) is 0. The van der Waals surface area contributed by atoms with E-state index in [0.29, 0.717) is 0 Å². The van der Waals surface area contributed by atoms with Crippen LogP contribution in [-0.4, -0.2) is 13.2 Å². The second-order valence-corrected chi connectivity index (χ2v) is 14.5. The number of rotatable bonds is 4. The molecule has 5 rings (SSSR count). The van der Waals surface area contributed by atoms with E-state index in [4.69, 9.17) is 0 Å². The van der Waals surface area contributed by atoms with Gasteiger partial charge in [0.15, 0.2) is 0 Å². The molecule has 43 heavy (non-hydrogen) atoms. The number of imidazole rings is 1. The zero-order valence-corrected chi connectivity index (χ0v) is 30.8. The van der Waals surface area contributed by atoms with Gasteiger partial charge in [-0.05, 0) is 0 Å². The molecule has 1 aliphatic carbocycles. The third kappa shape index (κ3) is 6.19. The molecule has 0 saturated heterocycles. The second kappa shape index (κ2) is 13.2. The van der Waals surface area contributed by atoms with Gasteiger partial charge in [-0.25, -0.2) is 0 Å². The van der Waals surface area contributed by atoms with Crippen LogP contribution in [0.2, 0.25) is 0 Å². The van der Waals surface area contributed by atoms with Crippen LogP contribution in [0, 0.1) is 51.0 Å². The Balaban J connectivity index is 0.00000253. The molecule has 0 unspecified atom stereocenters. The summed E-state index contributed by atoms with van der Waals surface area (Å²) in [5.74, 6) is 0. The summed E-state index contributed by atoms with van der Waals surface area (Å²) in [7, 11) is 0. The largest absolute Gasteiger partial charge is 0.147 e. The van der Waals surface area contributed by atoms with Gasteiger partial charge in [-0.2, -0.15) is 0 Å². The van der Waals surface area contributed by atoms with Crippen molar-refractivity contribution >= 4 is 28.9 Å². The summed E-state index contributed by atoms with van der Waals surface area (Å²) in [6, 6.07) is 20.4. The van der Waals surface area contributed by atoms with Gasteiger partial charge in [0.2, 0.25) is 0 Å². The molecule has 1 aromatic heterocycles. The predicted molar refractivity (Wildman–Crippen MR) is 187 cm³/mol. The fourth-order valence-corrected chi connectivity index (χ4v) is 9.89. The second-order valence-electron chi connectivity index (χ2n) is 12.4. The molecule has 0 bridgehead atoms.